The molecule has 1 N–H and O–H groups in total. The van der Waals surface area contributed by atoms with Gasteiger partial charge in [0.05, 0.1) is 5.69 Å². The van der Waals surface area contributed by atoms with Gasteiger partial charge in [0.25, 0.3) is 0 Å². The van der Waals surface area contributed by atoms with Crippen molar-refractivity contribution in [2.24, 2.45) is 11.8 Å². The molecular weight excluding hydrogens is 262 g/mol. The zero-order valence-corrected chi connectivity index (χ0v) is 13.5. The van der Waals surface area contributed by atoms with Crippen molar-refractivity contribution < 1.29 is 4.74 Å². The van der Waals surface area contributed by atoms with Crippen molar-refractivity contribution in [1.82, 2.24) is 14.9 Å². The fraction of sp³-hybridized carbons (Fsp3) is 0.824. The monoisotopic (exact) mass is 291 g/mol. The van der Waals surface area contributed by atoms with Gasteiger partial charge in [-0.3, -0.25) is 0 Å². The number of rotatable bonds is 8. The predicted octanol–water partition coefficient (Wildman–Crippen LogP) is 2.54. The maximum absolute atomic E-state index is 5.77. The molecule has 2 aliphatic rings. The highest BCUT2D eigenvalue weighted by Crippen LogP contribution is 2.28. The normalized spacial score (nSPS) is 18.2. The topological polar surface area (TPSA) is 39.1 Å². The van der Waals surface area contributed by atoms with Gasteiger partial charge in [0.2, 0.25) is 0 Å². The number of aromatic nitrogens is 2. The minimum atomic E-state index is 0.659. The minimum Gasteiger partial charge on any atom is -0.381 e. The summed E-state index contributed by atoms with van der Waals surface area (Å²) in [4.78, 5) is 4.89. The Morgan fingerprint density at radius 2 is 2.24 bits per heavy atom. The van der Waals surface area contributed by atoms with Crippen LogP contribution in [0.1, 0.15) is 50.3 Å². The number of hydrogen-bond acceptors (Lipinski definition) is 3. The molecule has 0 spiro atoms. The van der Waals surface area contributed by atoms with Gasteiger partial charge in [0.15, 0.2) is 0 Å². The van der Waals surface area contributed by atoms with Crippen LogP contribution in [0.4, 0.5) is 0 Å². The van der Waals surface area contributed by atoms with Gasteiger partial charge in [-0.25, -0.2) is 4.98 Å². The van der Waals surface area contributed by atoms with Crippen LogP contribution < -0.4 is 5.32 Å². The summed E-state index contributed by atoms with van der Waals surface area (Å²) >= 11 is 0. The molecule has 3 rings (SSSR count). The lowest BCUT2D eigenvalue weighted by atomic mass is 10.1. The van der Waals surface area contributed by atoms with E-state index >= 15 is 0 Å². The molecule has 21 heavy (non-hydrogen) atoms. The molecule has 1 saturated carbocycles. The van der Waals surface area contributed by atoms with Crippen LogP contribution in [0.15, 0.2) is 0 Å². The van der Waals surface area contributed by atoms with Crippen molar-refractivity contribution in [2.75, 3.05) is 19.8 Å². The lowest BCUT2D eigenvalue weighted by molar-refractivity contribution is 0.119. The van der Waals surface area contributed by atoms with E-state index < -0.39 is 0 Å². The second-order valence-electron chi connectivity index (χ2n) is 6.97. The highest BCUT2D eigenvalue weighted by Gasteiger charge is 2.21. The van der Waals surface area contributed by atoms with Crippen molar-refractivity contribution in [3.63, 3.8) is 0 Å². The average molecular weight is 291 g/mol. The van der Waals surface area contributed by atoms with Crippen molar-refractivity contribution in [1.29, 1.82) is 0 Å². The van der Waals surface area contributed by atoms with Crippen molar-refractivity contribution in [2.45, 2.75) is 59.0 Å². The first kappa shape index (κ1) is 15.0. The van der Waals surface area contributed by atoms with E-state index in [-0.39, 0.29) is 0 Å². The predicted molar refractivity (Wildman–Crippen MR) is 84.3 cm³/mol. The van der Waals surface area contributed by atoms with Crippen LogP contribution in [0, 0.1) is 11.8 Å². The summed E-state index contributed by atoms with van der Waals surface area (Å²) in [5, 5.41) is 3.43. The number of imidazole rings is 1. The smallest absolute Gasteiger partial charge is 0.109 e. The van der Waals surface area contributed by atoms with E-state index in [9.17, 15) is 0 Å². The van der Waals surface area contributed by atoms with Crippen LogP contribution in [0.25, 0.3) is 0 Å². The third kappa shape index (κ3) is 4.07. The first-order valence-electron chi connectivity index (χ1n) is 8.59. The Bertz CT molecular complexity index is 463. The molecular formula is C17H29N3O. The Morgan fingerprint density at radius 1 is 1.38 bits per heavy atom. The highest BCUT2D eigenvalue weighted by molar-refractivity contribution is 5.20. The first-order valence-corrected chi connectivity index (χ1v) is 8.59. The SMILES string of the molecule is CC(C)Cc1nc2c(n1CCCOCC1CC1)CCNC2. The molecule has 118 valence electrons. The van der Waals surface area contributed by atoms with Crippen LogP contribution in [0.2, 0.25) is 0 Å². The van der Waals surface area contributed by atoms with Gasteiger partial charge >= 0.3 is 0 Å². The third-order valence-electron chi connectivity index (χ3n) is 4.38. The lowest BCUT2D eigenvalue weighted by Gasteiger charge is -2.16. The quantitative estimate of drug-likeness (QED) is 0.748. The molecule has 0 atom stereocenters. The molecule has 0 amide bonds. The second-order valence-corrected chi connectivity index (χ2v) is 6.97. The Labute approximate surface area is 128 Å². The molecule has 1 fully saturated rings. The second kappa shape index (κ2) is 6.93. The largest absolute Gasteiger partial charge is 0.381 e. The number of nitrogens with one attached hydrogen (secondary N) is 1. The van der Waals surface area contributed by atoms with Gasteiger partial charge in [0, 0.05) is 51.4 Å². The average Bonchev–Trinajstić information content (AvgIpc) is 3.21. The van der Waals surface area contributed by atoms with Gasteiger partial charge in [0.1, 0.15) is 5.82 Å². The van der Waals surface area contributed by atoms with Gasteiger partial charge < -0.3 is 14.6 Å². The molecule has 4 nitrogen and oxygen atoms in total. The fourth-order valence-electron chi connectivity index (χ4n) is 3.07. The molecule has 0 aromatic carbocycles. The molecule has 0 unspecified atom stereocenters. The summed E-state index contributed by atoms with van der Waals surface area (Å²) in [5.74, 6) is 2.81. The zero-order valence-electron chi connectivity index (χ0n) is 13.5. The summed E-state index contributed by atoms with van der Waals surface area (Å²) in [5.41, 5.74) is 2.74. The Kier molecular flexibility index (Phi) is 4.96. The van der Waals surface area contributed by atoms with E-state index in [1.807, 2.05) is 0 Å². The van der Waals surface area contributed by atoms with Gasteiger partial charge in [-0.05, 0) is 31.1 Å². The molecule has 0 bridgehead atoms. The van der Waals surface area contributed by atoms with Crippen molar-refractivity contribution >= 4 is 0 Å². The van der Waals surface area contributed by atoms with Crippen LogP contribution in [-0.4, -0.2) is 29.3 Å². The lowest BCUT2D eigenvalue weighted by Crippen LogP contribution is -2.25. The van der Waals surface area contributed by atoms with Crippen molar-refractivity contribution in [3.8, 4) is 0 Å². The van der Waals surface area contributed by atoms with Gasteiger partial charge in [-0.15, -0.1) is 0 Å². The number of hydrogen-bond donors (Lipinski definition) is 1. The molecule has 1 aromatic heterocycles. The highest BCUT2D eigenvalue weighted by atomic mass is 16.5. The summed E-state index contributed by atoms with van der Waals surface area (Å²) in [7, 11) is 0. The summed E-state index contributed by atoms with van der Waals surface area (Å²) in [6, 6.07) is 0. The maximum Gasteiger partial charge on any atom is 0.109 e. The molecule has 1 aliphatic heterocycles. The number of ether oxygens (including phenoxy) is 1. The van der Waals surface area contributed by atoms with E-state index in [0.29, 0.717) is 5.92 Å². The fourth-order valence-corrected chi connectivity index (χ4v) is 3.07. The Balaban J connectivity index is 1.58. The molecule has 1 aliphatic carbocycles. The minimum absolute atomic E-state index is 0.659. The van der Waals surface area contributed by atoms with E-state index in [2.05, 4.69) is 23.7 Å². The van der Waals surface area contributed by atoms with Crippen LogP contribution in [-0.2, 0) is 30.7 Å². The van der Waals surface area contributed by atoms with Crippen LogP contribution >= 0.6 is 0 Å². The molecule has 0 radical (unpaired) electrons. The van der Waals surface area contributed by atoms with Crippen molar-refractivity contribution in [3.05, 3.63) is 17.2 Å². The van der Waals surface area contributed by atoms with E-state index in [4.69, 9.17) is 9.72 Å². The van der Waals surface area contributed by atoms with Gasteiger partial charge in [-0.2, -0.15) is 0 Å². The third-order valence-corrected chi connectivity index (χ3v) is 4.38. The van der Waals surface area contributed by atoms with Crippen LogP contribution in [0.5, 0.6) is 0 Å². The van der Waals surface area contributed by atoms with E-state index in [0.717, 1.165) is 58.0 Å². The standard InChI is InChI=1S/C17H29N3O/c1-13(2)10-17-19-15-11-18-7-6-16(15)20(17)8-3-9-21-12-14-4-5-14/h13-14,18H,3-12H2,1-2H3. The molecule has 0 saturated heterocycles. The Morgan fingerprint density at radius 3 is 3.00 bits per heavy atom. The first-order chi connectivity index (χ1) is 10.2. The zero-order chi connectivity index (χ0) is 14.7. The van der Waals surface area contributed by atoms with Gasteiger partial charge in [-0.1, -0.05) is 13.8 Å². The van der Waals surface area contributed by atoms with E-state index in [1.165, 1.54) is 30.1 Å². The molecule has 2 heterocycles. The Hall–Kier alpha value is -0.870. The van der Waals surface area contributed by atoms with E-state index in [1.54, 1.807) is 0 Å². The maximum atomic E-state index is 5.77. The number of fused-ring (bicyclic) bond motifs is 1. The summed E-state index contributed by atoms with van der Waals surface area (Å²) in [6.45, 7) is 9.50. The number of nitrogens with zero attached hydrogens (tertiary/aromatic N) is 2. The summed E-state index contributed by atoms with van der Waals surface area (Å²) in [6.07, 6.45) is 6.05. The summed E-state index contributed by atoms with van der Waals surface area (Å²) < 4.78 is 8.26. The molecule has 1 aromatic rings. The molecule has 4 heteroatoms. The van der Waals surface area contributed by atoms with Crippen LogP contribution in [0.3, 0.4) is 0 Å².